The number of aliphatic carboxylic acids is 1. The second-order valence-corrected chi connectivity index (χ2v) is 3.62. The minimum Gasteiger partial charge on any atom is -0.497 e. The van der Waals surface area contributed by atoms with Crippen molar-refractivity contribution in [1.82, 2.24) is 5.32 Å². The summed E-state index contributed by atoms with van der Waals surface area (Å²) in [6, 6.07) is 5.45. The van der Waals surface area contributed by atoms with E-state index in [0.717, 1.165) is 0 Å². The molecular weight excluding hydrogens is 234 g/mol. The first-order chi connectivity index (χ1) is 8.58. The van der Waals surface area contributed by atoms with Crippen LogP contribution in [0, 0.1) is 0 Å². The van der Waals surface area contributed by atoms with E-state index in [1.165, 1.54) is 13.2 Å². The fourth-order valence-electron chi connectivity index (χ4n) is 1.37. The number of amides is 1. The quantitative estimate of drug-likeness (QED) is 0.748. The lowest BCUT2D eigenvalue weighted by Crippen LogP contribution is -2.40. The first-order valence-electron chi connectivity index (χ1n) is 5.37. The smallest absolute Gasteiger partial charge is 0.326 e. The van der Waals surface area contributed by atoms with Gasteiger partial charge >= 0.3 is 5.97 Å². The number of carboxylic acid groups (broad SMARTS) is 1. The third-order valence-electron chi connectivity index (χ3n) is 2.36. The van der Waals surface area contributed by atoms with Crippen molar-refractivity contribution in [2.75, 3.05) is 7.11 Å². The third kappa shape index (κ3) is 3.62. The van der Waals surface area contributed by atoms with Gasteiger partial charge in [-0.3, -0.25) is 4.79 Å². The Morgan fingerprint density at radius 3 is 2.50 bits per heavy atom. The van der Waals surface area contributed by atoms with E-state index in [-0.39, 0.29) is 6.42 Å². The summed E-state index contributed by atoms with van der Waals surface area (Å²) in [6.45, 7) is 3.45. The highest BCUT2D eigenvalue weighted by Crippen LogP contribution is 2.11. The third-order valence-corrected chi connectivity index (χ3v) is 2.36. The molecule has 1 atom stereocenters. The standard InChI is InChI=1S/C13H15NO4/c1-3-4-11(13(16)17)14-12(15)9-5-7-10(18-2)8-6-9/h3,5-8,11H,1,4H2,2H3,(H,14,15)(H,16,17)/t11-/m1/s1. The molecule has 0 fully saturated rings. The number of hydrogen-bond acceptors (Lipinski definition) is 3. The molecule has 1 rings (SSSR count). The molecule has 18 heavy (non-hydrogen) atoms. The van der Waals surface area contributed by atoms with Gasteiger partial charge in [-0.2, -0.15) is 0 Å². The van der Waals surface area contributed by atoms with Gasteiger partial charge in [-0.25, -0.2) is 4.79 Å². The maximum absolute atomic E-state index is 11.8. The van der Waals surface area contributed by atoms with Crippen LogP contribution in [0.4, 0.5) is 0 Å². The Balaban J connectivity index is 2.73. The molecule has 0 aliphatic carbocycles. The maximum atomic E-state index is 11.8. The molecule has 0 aliphatic heterocycles. The van der Waals surface area contributed by atoms with Crippen molar-refractivity contribution in [3.63, 3.8) is 0 Å². The Morgan fingerprint density at radius 2 is 2.06 bits per heavy atom. The Labute approximate surface area is 105 Å². The lowest BCUT2D eigenvalue weighted by Gasteiger charge is -2.12. The van der Waals surface area contributed by atoms with E-state index in [0.29, 0.717) is 11.3 Å². The van der Waals surface area contributed by atoms with E-state index in [2.05, 4.69) is 11.9 Å². The van der Waals surface area contributed by atoms with Crippen LogP contribution in [-0.4, -0.2) is 30.1 Å². The van der Waals surface area contributed by atoms with Crippen molar-refractivity contribution in [2.45, 2.75) is 12.5 Å². The summed E-state index contributed by atoms with van der Waals surface area (Å²) in [6.07, 6.45) is 1.63. The average Bonchev–Trinajstić information content (AvgIpc) is 2.38. The highest BCUT2D eigenvalue weighted by Gasteiger charge is 2.18. The summed E-state index contributed by atoms with van der Waals surface area (Å²) in [4.78, 5) is 22.7. The van der Waals surface area contributed by atoms with E-state index in [1.54, 1.807) is 24.3 Å². The summed E-state index contributed by atoms with van der Waals surface area (Å²) in [7, 11) is 1.53. The fraction of sp³-hybridized carbons (Fsp3) is 0.231. The number of methoxy groups -OCH3 is 1. The van der Waals surface area contributed by atoms with Gasteiger partial charge in [0.15, 0.2) is 0 Å². The number of ether oxygens (including phenoxy) is 1. The van der Waals surface area contributed by atoms with Gasteiger partial charge in [0.25, 0.3) is 5.91 Å². The lowest BCUT2D eigenvalue weighted by atomic mass is 10.1. The monoisotopic (exact) mass is 249 g/mol. The fourth-order valence-corrected chi connectivity index (χ4v) is 1.37. The Morgan fingerprint density at radius 1 is 1.44 bits per heavy atom. The van der Waals surface area contributed by atoms with Crippen LogP contribution in [0.5, 0.6) is 5.75 Å². The van der Waals surface area contributed by atoms with E-state index in [4.69, 9.17) is 9.84 Å². The second kappa shape index (κ2) is 6.44. The van der Waals surface area contributed by atoms with Gasteiger partial charge in [0.1, 0.15) is 11.8 Å². The number of nitrogens with one attached hydrogen (secondary N) is 1. The molecule has 0 unspecified atom stereocenters. The van der Waals surface area contributed by atoms with Crippen molar-refractivity contribution in [3.8, 4) is 5.75 Å². The predicted molar refractivity (Wildman–Crippen MR) is 66.7 cm³/mol. The minimum absolute atomic E-state index is 0.178. The van der Waals surface area contributed by atoms with Crippen molar-refractivity contribution < 1.29 is 19.4 Å². The molecule has 0 aliphatic rings. The van der Waals surface area contributed by atoms with Crippen LogP contribution >= 0.6 is 0 Å². The van der Waals surface area contributed by atoms with E-state index < -0.39 is 17.9 Å². The summed E-state index contributed by atoms with van der Waals surface area (Å²) in [5.41, 5.74) is 0.381. The molecule has 96 valence electrons. The molecular formula is C13H15NO4. The average molecular weight is 249 g/mol. The molecule has 1 aromatic rings. The summed E-state index contributed by atoms with van der Waals surface area (Å²) >= 11 is 0. The zero-order valence-corrected chi connectivity index (χ0v) is 10.1. The van der Waals surface area contributed by atoms with Gasteiger partial charge in [-0.05, 0) is 30.7 Å². The normalized spacial score (nSPS) is 11.4. The molecule has 0 heterocycles. The molecule has 2 N–H and O–H groups in total. The maximum Gasteiger partial charge on any atom is 0.326 e. The highest BCUT2D eigenvalue weighted by atomic mass is 16.5. The number of hydrogen-bond donors (Lipinski definition) is 2. The Hall–Kier alpha value is -2.30. The van der Waals surface area contributed by atoms with Crippen LogP contribution < -0.4 is 10.1 Å². The van der Waals surface area contributed by atoms with Gasteiger partial charge in [0, 0.05) is 5.56 Å². The second-order valence-electron chi connectivity index (χ2n) is 3.62. The Kier molecular flexibility index (Phi) is 4.92. The lowest BCUT2D eigenvalue weighted by molar-refractivity contribution is -0.139. The van der Waals surface area contributed by atoms with Crippen molar-refractivity contribution in [1.29, 1.82) is 0 Å². The molecule has 0 bridgehead atoms. The molecule has 0 radical (unpaired) electrons. The van der Waals surface area contributed by atoms with Gasteiger partial charge in [0.2, 0.25) is 0 Å². The first kappa shape index (κ1) is 13.8. The summed E-state index contributed by atoms with van der Waals surface area (Å²) in [5.74, 6) is -0.893. The van der Waals surface area contributed by atoms with Crippen LogP contribution in [0.3, 0.4) is 0 Å². The summed E-state index contributed by atoms with van der Waals surface area (Å²) in [5, 5.41) is 11.3. The molecule has 5 nitrogen and oxygen atoms in total. The largest absolute Gasteiger partial charge is 0.497 e. The van der Waals surface area contributed by atoms with Crippen LogP contribution in [0.25, 0.3) is 0 Å². The SMILES string of the molecule is C=CC[C@@H](NC(=O)c1ccc(OC)cc1)C(=O)O. The van der Waals surface area contributed by atoms with E-state index in [9.17, 15) is 9.59 Å². The molecule has 0 saturated heterocycles. The minimum atomic E-state index is -1.09. The van der Waals surface area contributed by atoms with Crippen LogP contribution in [-0.2, 0) is 4.79 Å². The summed E-state index contributed by atoms with van der Waals surface area (Å²) < 4.78 is 4.97. The van der Waals surface area contributed by atoms with E-state index in [1.807, 2.05) is 0 Å². The first-order valence-corrected chi connectivity index (χ1v) is 5.37. The molecule has 1 aromatic carbocycles. The van der Waals surface area contributed by atoms with E-state index >= 15 is 0 Å². The highest BCUT2D eigenvalue weighted by molar-refractivity contribution is 5.96. The van der Waals surface area contributed by atoms with Crippen LogP contribution in [0.1, 0.15) is 16.8 Å². The molecule has 1 amide bonds. The van der Waals surface area contributed by atoms with Crippen molar-refractivity contribution in [3.05, 3.63) is 42.5 Å². The number of benzene rings is 1. The van der Waals surface area contributed by atoms with Crippen LogP contribution in [0.2, 0.25) is 0 Å². The van der Waals surface area contributed by atoms with Gasteiger partial charge in [-0.15, -0.1) is 6.58 Å². The molecule has 0 aromatic heterocycles. The van der Waals surface area contributed by atoms with Crippen molar-refractivity contribution >= 4 is 11.9 Å². The molecule has 0 saturated carbocycles. The zero-order chi connectivity index (χ0) is 13.5. The molecule has 5 heteroatoms. The predicted octanol–water partition coefficient (Wildman–Crippen LogP) is 1.45. The zero-order valence-electron chi connectivity index (χ0n) is 10.1. The van der Waals surface area contributed by atoms with Crippen LogP contribution in [0.15, 0.2) is 36.9 Å². The van der Waals surface area contributed by atoms with Crippen molar-refractivity contribution in [2.24, 2.45) is 0 Å². The molecule has 0 spiro atoms. The van der Waals surface area contributed by atoms with Gasteiger partial charge in [-0.1, -0.05) is 6.08 Å². The number of carboxylic acids is 1. The number of rotatable bonds is 6. The topological polar surface area (TPSA) is 75.6 Å². The Bertz CT molecular complexity index is 439. The van der Waals surface area contributed by atoms with Gasteiger partial charge < -0.3 is 15.2 Å². The van der Waals surface area contributed by atoms with Gasteiger partial charge in [0.05, 0.1) is 7.11 Å². The number of carbonyl (C=O) groups excluding carboxylic acids is 1. The number of carbonyl (C=O) groups is 2.